The molecule has 6 heteroatoms. The van der Waals surface area contributed by atoms with Crippen LogP contribution in [0.25, 0.3) is 0 Å². The third-order valence-corrected chi connectivity index (χ3v) is 4.53. The Balaban J connectivity index is 2.37. The standard InChI is InChI=1S/C15H20O6/c1-3-20-12(18)14-6-5-7-15(9-10(14)16,11(17)8-14)13(19)21-4-2/h3-9H2,1-2H3/t14-,15-/m1/s1. The van der Waals surface area contributed by atoms with Crippen molar-refractivity contribution in [2.24, 2.45) is 10.8 Å². The van der Waals surface area contributed by atoms with Crippen molar-refractivity contribution in [2.75, 3.05) is 13.2 Å². The highest BCUT2D eigenvalue weighted by molar-refractivity contribution is 6.18. The number of ketones is 2. The zero-order chi connectivity index (χ0) is 15.7. The van der Waals surface area contributed by atoms with Crippen LogP contribution in [0.5, 0.6) is 0 Å². The quantitative estimate of drug-likeness (QED) is 0.572. The van der Waals surface area contributed by atoms with Crippen molar-refractivity contribution < 1.29 is 28.7 Å². The fraction of sp³-hybridized carbons (Fsp3) is 0.733. The molecule has 0 aromatic heterocycles. The van der Waals surface area contributed by atoms with Crippen molar-refractivity contribution >= 4 is 23.5 Å². The molecule has 21 heavy (non-hydrogen) atoms. The van der Waals surface area contributed by atoms with Gasteiger partial charge >= 0.3 is 11.9 Å². The molecule has 3 fully saturated rings. The van der Waals surface area contributed by atoms with E-state index in [0.717, 1.165) is 0 Å². The minimum Gasteiger partial charge on any atom is -0.465 e. The summed E-state index contributed by atoms with van der Waals surface area (Å²) in [5.41, 5.74) is -2.78. The van der Waals surface area contributed by atoms with Crippen molar-refractivity contribution in [3.63, 3.8) is 0 Å². The molecule has 0 saturated heterocycles. The van der Waals surface area contributed by atoms with Crippen LogP contribution in [0.15, 0.2) is 0 Å². The van der Waals surface area contributed by atoms with E-state index in [0.29, 0.717) is 6.42 Å². The Kier molecular flexibility index (Phi) is 4.16. The summed E-state index contributed by atoms with van der Waals surface area (Å²) in [6, 6.07) is 0. The molecule has 0 amide bonds. The average Bonchev–Trinajstić information content (AvgIpc) is 2.67. The maximum Gasteiger partial charge on any atom is 0.320 e. The van der Waals surface area contributed by atoms with Crippen LogP contribution in [-0.4, -0.2) is 36.7 Å². The molecule has 3 aliphatic rings. The summed E-state index contributed by atoms with van der Waals surface area (Å²) >= 11 is 0. The first-order chi connectivity index (χ1) is 9.93. The summed E-state index contributed by atoms with van der Waals surface area (Å²) in [7, 11) is 0. The van der Waals surface area contributed by atoms with Crippen LogP contribution in [0.2, 0.25) is 0 Å². The van der Waals surface area contributed by atoms with E-state index in [-0.39, 0.29) is 50.5 Å². The molecule has 2 bridgehead atoms. The maximum absolute atomic E-state index is 12.5. The largest absolute Gasteiger partial charge is 0.465 e. The number of hydrogen-bond donors (Lipinski definition) is 0. The molecule has 0 radical (unpaired) electrons. The van der Waals surface area contributed by atoms with E-state index in [4.69, 9.17) is 9.47 Å². The predicted octanol–water partition coefficient (Wildman–Crippen LogP) is 1.20. The molecule has 6 nitrogen and oxygen atoms in total. The molecule has 3 aliphatic carbocycles. The lowest BCUT2D eigenvalue weighted by Gasteiger charge is -2.37. The van der Waals surface area contributed by atoms with Gasteiger partial charge in [-0.3, -0.25) is 19.2 Å². The molecule has 2 atom stereocenters. The molecule has 0 spiro atoms. The monoisotopic (exact) mass is 296 g/mol. The number of fused-ring (bicyclic) bond motifs is 4. The molecule has 0 unspecified atom stereocenters. The zero-order valence-electron chi connectivity index (χ0n) is 12.4. The normalized spacial score (nSPS) is 31.7. The van der Waals surface area contributed by atoms with E-state index in [9.17, 15) is 19.2 Å². The van der Waals surface area contributed by atoms with Gasteiger partial charge in [-0.1, -0.05) is 6.42 Å². The van der Waals surface area contributed by atoms with Gasteiger partial charge in [0.1, 0.15) is 10.8 Å². The lowest BCUT2D eigenvalue weighted by molar-refractivity contribution is -0.174. The van der Waals surface area contributed by atoms with Gasteiger partial charge in [0.05, 0.1) is 13.2 Å². The molecule has 0 aromatic rings. The van der Waals surface area contributed by atoms with Crippen molar-refractivity contribution in [2.45, 2.75) is 46.0 Å². The minimum absolute atomic E-state index is 0.158. The van der Waals surface area contributed by atoms with Crippen LogP contribution in [0, 0.1) is 10.8 Å². The van der Waals surface area contributed by atoms with Crippen molar-refractivity contribution in [1.29, 1.82) is 0 Å². The summed E-state index contributed by atoms with van der Waals surface area (Å²) in [6.45, 7) is 3.63. The Morgan fingerprint density at radius 2 is 1.29 bits per heavy atom. The van der Waals surface area contributed by atoms with Crippen LogP contribution in [0.1, 0.15) is 46.0 Å². The van der Waals surface area contributed by atoms with Crippen molar-refractivity contribution in [3.8, 4) is 0 Å². The van der Waals surface area contributed by atoms with Gasteiger partial charge in [0, 0.05) is 12.8 Å². The Morgan fingerprint density at radius 3 is 1.62 bits per heavy atom. The second-order valence-corrected chi connectivity index (χ2v) is 5.66. The summed E-state index contributed by atoms with van der Waals surface area (Å²) < 4.78 is 9.97. The number of carbonyl (C=O) groups excluding carboxylic acids is 4. The fourth-order valence-corrected chi connectivity index (χ4v) is 3.35. The van der Waals surface area contributed by atoms with E-state index in [1.165, 1.54) is 0 Å². The van der Waals surface area contributed by atoms with Gasteiger partial charge in [0.2, 0.25) is 0 Å². The first-order valence-electron chi connectivity index (χ1n) is 7.34. The Bertz CT molecular complexity index is 452. The van der Waals surface area contributed by atoms with E-state index in [2.05, 4.69) is 0 Å². The molecule has 0 aromatic carbocycles. The second kappa shape index (κ2) is 5.58. The van der Waals surface area contributed by atoms with E-state index in [1.54, 1.807) is 13.8 Å². The van der Waals surface area contributed by atoms with E-state index in [1.807, 2.05) is 0 Å². The minimum atomic E-state index is -1.39. The van der Waals surface area contributed by atoms with Crippen molar-refractivity contribution in [3.05, 3.63) is 0 Å². The summed E-state index contributed by atoms with van der Waals surface area (Å²) in [6.07, 6.45) is 0.483. The Hall–Kier alpha value is -1.72. The molecule has 0 aliphatic heterocycles. The Morgan fingerprint density at radius 1 is 0.905 bits per heavy atom. The molecule has 3 rings (SSSR count). The van der Waals surface area contributed by atoms with Gasteiger partial charge < -0.3 is 9.47 Å². The first kappa shape index (κ1) is 15.7. The Labute approximate surface area is 123 Å². The number of hydrogen-bond acceptors (Lipinski definition) is 6. The fourth-order valence-electron chi connectivity index (χ4n) is 3.35. The molecule has 0 heterocycles. The third kappa shape index (κ3) is 2.26. The number of esters is 2. The lowest BCUT2D eigenvalue weighted by atomic mass is 9.63. The average molecular weight is 296 g/mol. The smallest absolute Gasteiger partial charge is 0.320 e. The SMILES string of the molecule is CCOC(=O)[C@@]12CCC[C@@](C(=O)OCC)(CC1=O)C(=O)C2. The number of carbonyl (C=O) groups is 4. The van der Waals surface area contributed by atoms with Crippen LogP contribution >= 0.6 is 0 Å². The van der Waals surface area contributed by atoms with Gasteiger partial charge in [-0.15, -0.1) is 0 Å². The van der Waals surface area contributed by atoms with E-state index < -0.39 is 22.8 Å². The highest BCUT2D eigenvalue weighted by Crippen LogP contribution is 2.51. The third-order valence-electron chi connectivity index (χ3n) is 4.53. The van der Waals surface area contributed by atoms with Crippen LogP contribution < -0.4 is 0 Å². The maximum atomic E-state index is 12.5. The number of Topliss-reactive ketones (excluding diaryl/α,β-unsaturated/α-hetero) is 2. The van der Waals surface area contributed by atoms with Crippen molar-refractivity contribution in [1.82, 2.24) is 0 Å². The molecule has 3 saturated carbocycles. The van der Waals surface area contributed by atoms with Crippen LogP contribution in [0.4, 0.5) is 0 Å². The summed E-state index contributed by atoms with van der Waals surface area (Å²) in [4.78, 5) is 49.4. The summed E-state index contributed by atoms with van der Waals surface area (Å²) in [5.74, 6) is -2.01. The van der Waals surface area contributed by atoms with Gasteiger partial charge in [-0.25, -0.2) is 0 Å². The molecule has 0 N–H and O–H groups in total. The molecule has 116 valence electrons. The lowest BCUT2D eigenvalue weighted by Crippen LogP contribution is -2.53. The zero-order valence-corrected chi connectivity index (χ0v) is 12.4. The highest BCUT2D eigenvalue weighted by atomic mass is 16.5. The molecular weight excluding hydrogens is 276 g/mol. The second-order valence-electron chi connectivity index (χ2n) is 5.66. The van der Waals surface area contributed by atoms with E-state index >= 15 is 0 Å². The van der Waals surface area contributed by atoms with Gasteiger partial charge in [0.15, 0.2) is 11.6 Å². The van der Waals surface area contributed by atoms with Gasteiger partial charge in [-0.05, 0) is 26.7 Å². The van der Waals surface area contributed by atoms with Crippen LogP contribution in [0.3, 0.4) is 0 Å². The van der Waals surface area contributed by atoms with Crippen LogP contribution in [-0.2, 0) is 28.7 Å². The van der Waals surface area contributed by atoms with Gasteiger partial charge in [0.25, 0.3) is 0 Å². The summed E-state index contributed by atoms with van der Waals surface area (Å²) in [5, 5.41) is 0. The van der Waals surface area contributed by atoms with Gasteiger partial charge in [-0.2, -0.15) is 0 Å². The topological polar surface area (TPSA) is 86.7 Å². The highest BCUT2D eigenvalue weighted by Gasteiger charge is 2.63. The first-order valence-corrected chi connectivity index (χ1v) is 7.34. The predicted molar refractivity (Wildman–Crippen MR) is 71.2 cm³/mol. The molecular formula is C15H20O6. The number of ether oxygens (including phenoxy) is 2. The number of rotatable bonds is 4.